The molecule has 0 aromatic carbocycles. The van der Waals surface area contributed by atoms with Gasteiger partial charge in [0.2, 0.25) is 0 Å². The van der Waals surface area contributed by atoms with Gasteiger partial charge in [-0.15, -0.1) is 0 Å². The van der Waals surface area contributed by atoms with E-state index in [9.17, 15) is 0 Å². The van der Waals surface area contributed by atoms with Crippen molar-refractivity contribution in [3.8, 4) is 0 Å². The van der Waals surface area contributed by atoms with Crippen molar-refractivity contribution in [2.24, 2.45) is 0 Å². The predicted octanol–water partition coefficient (Wildman–Crippen LogP) is 6.65. The molecule has 0 radical (unpaired) electrons. The third-order valence-corrected chi connectivity index (χ3v) is 10.8. The molecule has 0 heterocycles. The summed E-state index contributed by atoms with van der Waals surface area (Å²) in [6.07, 6.45) is 23.8. The molecular weight excluding hydrogens is 318 g/mol. The molecule has 0 aromatic heterocycles. The summed E-state index contributed by atoms with van der Waals surface area (Å²) in [6, 6.07) is 0. The van der Waals surface area contributed by atoms with Crippen LogP contribution in [0.2, 0.25) is 0 Å². The van der Waals surface area contributed by atoms with Gasteiger partial charge in [-0.05, 0) is 77.0 Å². The van der Waals surface area contributed by atoms with Crippen LogP contribution >= 0.6 is 7.92 Å². The van der Waals surface area contributed by atoms with Crippen LogP contribution in [0.4, 0.5) is 0 Å². The quantitative estimate of drug-likeness (QED) is 0.302. The fourth-order valence-electron chi connectivity index (χ4n) is 5.31. The molecule has 3 aliphatic carbocycles. The number of hydrogen-bond acceptors (Lipinski definition) is 0. The summed E-state index contributed by atoms with van der Waals surface area (Å²) in [4.78, 5) is 0. The molecule has 0 N–H and O–H groups in total. The normalized spacial score (nSPS) is 26.1. The van der Waals surface area contributed by atoms with Crippen LogP contribution in [0.5, 0.6) is 0 Å². The fourth-order valence-corrected chi connectivity index (χ4v) is 10.5. The third-order valence-electron chi connectivity index (χ3n) is 6.23. The fraction of sp³-hybridized carbons (Fsp3) is 0.947. The predicted molar refractivity (Wildman–Crippen MR) is 95.3 cm³/mol. The van der Waals surface area contributed by atoms with Crippen molar-refractivity contribution < 1.29 is 16.5 Å². The molecule has 0 aliphatic heterocycles. The Kier molecular flexibility index (Phi) is 10.1. The van der Waals surface area contributed by atoms with Crippen molar-refractivity contribution in [2.45, 2.75) is 113 Å². The van der Waals surface area contributed by atoms with Crippen molar-refractivity contribution in [1.29, 1.82) is 0 Å². The van der Waals surface area contributed by atoms with E-state index in [1.807, 2.05) is 0 Å². The van der Waals surface area contributed by atoms with Crippen LogP contribution in [0.15, 0.2) is 0 Å². The second-order valence-electron chi connectivity index (χ2n) is 7.50. The molecule has 0 saturated heterocycles. The minimum atomic E-state index is -0.0465. The average molecular weight is 355 g/mol. The Morgan fingerprint density at radius 1 is 0.429 bits per heavy atom. The Morgan fingerprint density at radius 2 is 0.667 bits per heavy atom. The molecule has 2 heteroatoms. The standard InChI is InChI=1S/C18H33P.CH3.Ni/c1-4-10-16(11-5-1)19(17-12-6-2-7-13-17)18-14-8-3-9-15-18;;/h16-18H,1-15H2;1H3;/q;-1;/p+1. The smallest absolute Gasteiger partial charge is 0.0680 e. The monoisotopic (exact) mass is 354 g/mol. The third kappa shape index (κ3) is 5.50. The molecule has 0 aromatic rings. The zero-order valence-corrected chi connectivity index (χ0v) is 16.1. The minimum Gasteiger partial charge on any atom is -0.358 e. The van der Waals surface area contributed by atoms with Gasteiger partial charge >= 0.3 is 0 Å². The van der Waals surface area contributed by atoms with Gasteiger partial charge in [0, 0.05) is 24.4 Å². The molecule has 0 amide bonds. The van der Waals surface area contributed by atoms with Crippen LogP contribution in [0.3, 0.4) is 0 Å². The maximum atomic E-state index is 1.63. The largest absolute Gasteiger partial charge is 0.358 e. The van der Waals surface area contributed by atoms with Gasteiger partial charge < -0.3 is 7.43 Å². The van der Waals surface area contributed by atoms with Crippen molar-refractivity contribution in [2.75, 3.05) is 0 Å². The van der Waals surface area contributed by atoms with E-state index < -0.39 is 0 Å². The first-order chi connectivity index (χ1) is 9.45. The first kappa shape index (κ1) is 20.0. The summed E-state index contributed by atoms with van der Waals surface area (Å²) in [6.45, 7) is 0. The van der Waals surface area contributed by atoms with Gasteiger partial charge in [-0.25, -0.2) is 0 Å². The molecule has 0 unspecified atom stereocenters. The molecule has 0 atom stereocenters. The molecule has 0 spiro atoms. The van der Waals surface area contributed by atoms with Crippen LogP contribution < -0.4 is 0 Å². The van der Waals surface area contributed by atoms with Gasteiger partial charge in [0.15, 0.2) is 0 Å². The Hall–Kier alpha value is 0.924. The summed E-state index contributed by atoms with van der Waals surface area (Å²) < 4.78 is 0. The summed E-state index contributed by atoms with van der Waals surface area (Å²) in [7, 11) is -0.0465. The van der Waals surface area contributed by atoms with Gasteiger partial charge in [0.25, 0.3) is 0 Å². The first-order valence-electron chi connectivity index (χ1n) is 9.32. The van der Waals surface area contributed by atoms with Gasteiger partial charge in [0.1, 0.15) is 0 Å². The number of hydrogen-bond donors (Lipinski definition) is 0. The Bertz CT molecular complexity index is 207. The average Bonchev–Trinajstić information content (AvgIpc) is 2.51. The Labute approximate surface area is 145 Å². The zero-order valence-electron chi connectivity index (χ0n) is 14.2. The van der Waals surface area contributed by atoms with E-state index in [4.69, 9.17) is 0 Å². The maximum Gasteiger partial charge on any atom is 0.0680 e. The van der Waals surface area contributed by atoms with E-state index in [2.05, 4.69) is 0 Å². The molecule has 3 rings (SSSR count). The van der Waals surface area contributed by atoms with Crippen LogP contribution in [-0.2, 0) is 16.5 Å². The molecule has 128 valence electrons. The van der Waals surface area contributed by atoms with Gasteiger partial charge in [-0.1, -0.05) is 19.3 Å². The molecular formula is C19H37NiP. The van der Waals surface area contributed by atoms with Crippen molar-refractivity contribution in [3.05, 3.63) is 7.43 Å². The second-order valence-corrected chi connectivity index (χ2v) is 11.0. The SMILES string of the molecule is C1CCC([PH+](C2CCCCC2)C2CCCCC2)CC1.[CH3-].[Ni]. The van der Waals surface area contributed by atoms with Gasteiger partial charge in [-0.3, -0.25) is 0 Å². The molecule has 3 aliphatic rings. The summed E-state index contributed by atoms with van der Waals surface area (Å²) in [5, 5.41) is 0. The zero-order chi connectivity index (χ0) is 12.9. The Morgan fingerprint density at radius 3 is 0.905 bits per heavy atom. The molecule has 3 saturated carbocycles. The molecule has 21 heavy (non-hydrogen) atoms. The van der Waals surface area contributed by atoms with Gasteiger partial charge in [-0.2, -0.15) is 0 Å². The van der Waals surface area contributed by atoms with Crippen molar-refractivity contribution in [3.63, 3.8) is 0 Å². The van der Waals surface area contributed by atoms with E-state index in [1.165, 1.54) is 17.0 Å². The van der Waals surface area contributed by atoms with Gasteiger partial charge in [0.05, 0.1) is 17.0 Å². The van der Waals surface area contributed by atoms with Crippen LogP contribution in [0, 0.1) is 7.43 Å². The van der Waals surface area contributed by atoms with E-state index in [-0.39, 0.29) is 31.8 Å². The minimum absolute atomic E-state index is 0. The Balaban J connectivity index is 0.00000110. The van der Waals surface area contributed by atoms with E-state index in [0.717, 1.165) is 0 Å². The molecule has 0 bridgehead atoms. The van der Waals surface area contributed by atoms with Crippen LogP contribution in [0.1, 0.15) is 96.3 Å². The molecule has 0 nitrogen and oxygen atoms in total. The maximum absolute atomic E-state index is 1.63. The summed E-state index contributed by atoms with van der Waals surface area (Å²) in [5.74, 6) is 0. The molecule has 3 fully saturated rings. The first-order valence-corrected chi connectivity index (χ1v) is 11.0. The summed E-state index contributed by atoms with van der Waals surface area (Å²) >= 11 is 0. The van der Waals surface area contributed by atoms with Crippen LogP contribution in [0.25, 0.3) is 0 Å². The topological polar surface area (TPSA) is 0 Å². The van der Waals surface area contributed by atoms with E-state index in [0.29, 0.717) is 0 Å². The van der Waals surface area contributed by atoms with Crippen molar-refractivity contribution >= 4 is 7.92 Å². The second kappa shape index (κ2) is 10.7. The van der Waals surface area contributed by atoms with E-state index >= 15 is 0 Å². The van der Waals surface area contributed by atoms with E-state index in [1.54, 1.807) is 96.3 Å². The summed E-state index contributed by atoms with van der Waals surface area (Å²) in [5.41, 5.74) is 3.68. The van der Waals surface area contributed by atoms with Crippen molar-refractivity contribution in [1.82, 2.24) is 0 Å². The number of rotatable bonds is 3. The van der Waals surface area contributed by atoms with Crippen LogP contribution in [-0.4, -0.2) is 17.0 Å².